The molecular formula is C23H30FN5O4. The number of carbonyl (C=O) groups is 3. The van der Waals surface area contributed by atoms with E-state index in [0.29, 0.717) is 30.7 Å². The van der Waals surface area contributed by atoms with Crippen LogP contribution in [0.1, 0.15) is 52.1 Å². The number of rotatable bonds is 3. The fourth-order valence-corrected chi connectivity index (χ4v) is 4.38. The number of hydrogen-bond acceptors (Lipinski definition) is 5. The molecule has 178 valence electrons. The molecule has 4 heterocycles. The van der Waals surface area contributed by atoms with E-state index in [0.717, 1.165) is 10.9 Å². The Hall–Kier alpha value is -3.17. The lowest BCUT2D eigenvalue weighted by molar-refractivity contribution is -0.120. The molecule has 33 heavy (non-hydrogen) atoms. The number of hydrogen-bond donors (Lipinski definition) is 1. The van der Waals surface area contributed by atoms with Crippen molar-refractivity contribution in [3.63, 3.8) is 0 Å². The maximum Gasteiger partial charge on any atom is 0.410 e. The Balaban J connectivity index is 1.58. The molecule has 10 heteroatoms. The van der Waals surface area contributed by atoms with Gasteiger partial charge in [-0.25, -0.2) is 19.0 Å². The molecule has 2 atom stereocenters. The molecule has 4 amide bonds. The molecular weight excluding hydrogens is 429 g/mol. The van der Waals surface area contributed by atoms with Crippen LogP contribution < -0.4 is 10.2 Å². The number of amides is 4. The highest BCUT2D eigenvalue weighted by atomic mass is 19.1. The Morgan fingerprint density at radius 3 is 2.70 bits per heavy atom. The third kappa shape index (κ3) is 4.65. The molecule has 0 radical (unpaired) electrons. The Morgan fingerprint density at radius 1 is 1.30 bits per heavy atom. The van der Waals surface area contributed by atoms with Crippen LogP contribution in [0.2, 0.25) is 0 Å². The number of aromatic nitrogens is 2. The molecule has 0 aromatic carbocycles. The number of imide groups is 1. The van der Waals surface area contributed by atoms with Crippen LogP contribution in [0.25, 0.3) is 11.0 Å². The van der Waals surface area contributed by atoms with Crippen LogP contribution >= 0.6 is 0 Å². The summed E-state index contributed by atoms with van der Waals surface area (Å²) in [6.45, 7) is 8.00. The van der Waals surface area contributed by atoms with E-state index in [1.54, 1.807) is 27.0 Å². The highest BCUT2D eigenvalue weighted by molar-refractivity contribution is 6.06. The van der Waals surface area contributed by atoms with Crippen molar-refractivity contribution >= 4 is 34.8 Å². The van der Waals surface area contributed by atoms with Gasteiger partial charge in [-0.15, -0.1) is 0 Å². The molecule has 2 aliphatic rings. The zero-order valence-electron chi connectivity index (χ0n) is 19.4. The van der Waals surface area contributed by atoms with Gasteiger partial charge in [0.05, 0.1) is 24.5 Å². The summed E-state index contributed by atoms with van der Waals surface area (Å²) in [7, 11) is 0. The number of nitrogens with zero attached hydrogens (tertiary/aromatic N) is 4. The molecule has 4 rings (SSSR count). The van der Waals surface area contributed by atoms with Crippen molar-refractivity contribution in [2.24, 2.45) is 0 Å². The minimum atomic E-state index is -1.27. The van der Waals surface area contributed by atoms with Gasteiger partial charge in [-0.2, -0.15) is 0 Å². The number of alkyl halides is 1. The normalized spacial score (nSPS) is 22.0. The number of likely N-dealkylation sites (tertiary alicyclic amines) is 1. The van der Waals surface area contributed by atoms with Crippen molar-refractivity contribution in [1.29, 1.82) is 0 Å². The van der Waals surface area contributed by atoms with Gasteiger partial charge in [0.15, 0.2) is 0 Å². The van der Waals surface area contributed by atoms with Gasteiger partial charge in [0, 0.05) is 31.1 Å². The predicted molar refractivity (Wildman–Crippen MR) is 121 cm³/mol. The molecule has 2 fully saturated rings. The first-order valence-electron chi connectivity index (χ1n) is 11.3. The van der Waals surface area contributed by atoms with Crippen molar-refractivity contribution in [2.45, 2.75) is 64.8 Å². The molecule has 0 saturated carbocycles. The quantitative estimate of drug-likeness (QED) is 0.757. The van der Waals surface area contributed by atoms with Crippen LogP contribution in [-0.2, 0) is 16.0 Å². The van der Waals surface area contributed by atoms with Gasteiger partial charge in [0.1, 0.15) is 17.4 Å². The molecule has 0 aliphatic carbocycles. The van der Waals surface area contributed by atoms with Gasteiger partial charge in [0.25, 0.3) is 0 Å². The number of aryl methyl sites for hydroxylation is 1. The van der Waals surface area contributed by atoms with Crippen LogP contribution in [0, 0.1) is 0 Å². The minimum Gasteiger partial charge on any atom is -0.444 e. The lowest BCUT2D eigenvalue weighted by atomic mass is 10.0. The third-order valence-electron chi connectivity index (χ3n) is 6.00. The Bertz CT molecular complexity index is 1090. The summed E-state index contributed by atoms with van der Waals surface area (Å²) >= 11 is 0. The smallest absolute Gasteiger partial charge is 0.410 e. The fraction of sp³-hybridized carbons (Fsp3) is 0.565. The predicted octanol–water partition coefficient (Wildman–Crippen LogP) is 3.57. The average Bonchev–Trinajstić information content (AvgIpc) is 3.10. The SMILES string of the molecule is CCc1cn([C@@H]2CCN(C(=O)OC(C)(C)C)C[C@@H]2F)c2ncc(N3CCC(=O)NC3=O)cc12. The summed E-state index contributed by atoms with van der Waals surface area (Å²) in [4.78, 5) is 43.5. The standard InChI is InChI=1S/C23H30FN5O4/c1-5-14-12-29(18-6-8-27(13-17(18)24)22(32)33-23(2,3)4)20-16(14)10-15(11-25-20)28-9-7-19(30)26-21(28)31/h10-12,17-18H,5-9,13H2,1-4H3,(H,26,30,31)/t17-,18+/m0/s1. The number of fused-ring (bicyclic) bond motifs is 1. The topological polar surface area (TPSA) is 96.8 Å². The molecule has 1 N–H and O–H groups in total. The second-order valence-electron chi connectivity index (χ2n) is 9.53. The lowest BCUT2D eigenvalue weighted by Gasteiger charge is -2.36. The van der Waals surface area contributed by atoms with Crippen molar-refractivity contribution in [3.8, 4) is 0 Å². The molecule has 2 aromatic heterocycles. The van der Waals surface area contributed by atoms with Gasteiger partial charge in [-0.1, -0.05) is 6.92 Å². The van der Waals surface area contributed by atoms with E-state index in [1.165, 1.54) is 9.80 Å². The first-order valence-corrected chi connectivity index (χ1v) is 11.3. The molecule has 0 bridgehead atoms. The summed E-state index contributed by atoms with van der Waals surface area (Å²) < 4.78 is 22.5. The summed E-state index contributed by atoms with van der Waals surface area (Å²) in [5.41, 5.74) is 1.60. The monoisotopic (exact) mass is 459 g/mol. The zero-order chi connectivity index (χ0) is 23.9. The third-order valence-corrected chi connectivity index (χ3v) is 6.00. The Labute approximate surface area is 191 Å². The number of urea groups is 1. The van der Waals surface area contributed by atoms with Crippen LogP contribution in [0.4, 0.5) is 19.7 Å². The molecule has 2 aromatic rings. The second-order valence-corrected chi connectivity index (χ2v) is 9.53. The average molecular weight is 460 g/mol. The molecule has 2 aliphatic heterocycles. The number of anilines is 1. The summed E-state index contributed by atoms with van der Waals surface area (Å²) in [6.07, 6.45) is 3.10. The number of pyridine rings is 1. The fourth-order valence-electron chi connectivity index (χ4n) is 4.38. The van der Waals surface area contributed by atoms with Crippen molar-refractivity contribution < 1.29 is 23.5 Å². The van der Waals surface area contributed by atoms with Crippen LogP contribution in [0.3, 0.4) is 0 Å². The number of nitrogens with one attached hydrogen (secondary N) is 1. The van der Waals surface area contributed by atoms with E-state index in [4.69, 9.17) is 4.74 Å². The Morgan fingerprint density at radius 2 is 2.06 bits per heavy atom. The summed E-state index contributed by atoms with van der Waals surface area (Å²) in [5.74, 6) is -0.294. The number of ether oxygens (including phenoxy) is 1. The van der Waals surface area contributed by atoms with E-state index in [-0.39, 0.29) is 25.4 Å². The lowest BCUT2D eigenvalue weighted by Crippen LogP contribution is -2.49. The van der Waals surface area contributed by atoms with Crippen molar-refractivity contribution in [1.82, 2.24) is 19.8 Å². The van der Waals surface area contributed by atoms with Crippen LogP contribution in [-0.4, -0.2) is 63.9 Å². The van der Waals surface area contributed by atoms with E-state index in [1.807, 2.05) is 23.8 Å². The van der Waals surface area contributed by atoms with Crippen LogP contribution in [0.15, 0.2) is 18.5 Å². The second kappa shape index (κ2) is 8.64. The highest BCUT2D eigenvalue weighted by Gasteiger charge is 2.35. The largest absolute Gasteiger partial charge is 0.444 e. The molecule has 9 nitrogen and oxygen atoms in total. The van der Waals surface area contributed by atoms with Crippen molar-refractivity contribution in [3.05, 3.63) is 24.0 Å². The number of piperidine rings is 1. The van der Waals surface area contributed by atoms with Gasteiger partial charge >= 0.3 is 12.1 Å². The van der Waals surface area contributed by atoms with E-state index in [2.05, 4.69) is 10.3 Å². The minimum absolute atomic E-state index is 0.0409. The first-order chi connectivity index (χ1) is 15.6. The summed E-state index contributed by atoms with van der Waals surface area (Å²) in [6, 6.07) is 0.944. The molecule has 2 saturated heterocycles. The molecule has 0 spiro atoms. The first kappa shape index (κ1) is 23.0. The van der Waals surface area contributed by atoms with Crippen molar-refractivity contribution in [2.75, 3.05) is 24.5 Å². The number of carbonyl (C=O) groups excluding carboxylic acids is 3. The van der Waals surface area contributed by atoms with Gasteiger partial charge in [-0.3, -0.25) is 15.0 Å². The highest BCUT2D eigenvalue weighted by Crippen LogP contribution is 2.33. The zero-order valence-corrected chi connectivity index (χ0v) is 19.4. The van der Waals surface area contributed by atoms with E-state index in [9.17, 15) is 14.4 Å². The van der Waals surface area contributed by atoms with E-state index >= 15 is 4.39 Å². The van der Waals surface area contributed by atoms with E-state index < -0.39 is 29.9 Å². The summed E-state index contributed by atoms with van der Waals surface area (Å²) in [5, 5.41) is 3.17. The Kier molecular flexibility index (Phi) is 6.02. The van der Waals surface area contributed by atoms with Gasteiger partial charge < -0.3 is 14.2 Å². The van der Waals surface area contributed by atoms with Crippen LogP contribution in [0.5, 0.6) is 0 Å². The maximum absolute atomic E-state index is 15.3. The van der Waals surface area contributed by atoms with Gasteiger partial charge in [0.2, 0.25) is 5.91 Å². The van der Waals surface area contributed by atoms with Gasteiger partial charge in [-0.05, 0) is 45.2 Å². The maximum atomic E-state index is 15.3. The molecule has 0 unspecified atom stereocenters. The number of halogens is 1.